The number of halogens is 1. The van der Waals surface area contributed by atoms with Crippen LogP contribution in [-0.2, 0) is 11.2 Å². The van der Waals surface area contributed by atoms with E-state index in [1.165, 1.54) is 0 Å². The van der Waals surface area contributed by atoms with Gasteiger partial charge in [0.05, 0.1) is 19.2 Å². The smallest absolute Gasteiger partial charge is 0.207 e. The molecule has 1 aromatic carbocycles. The molecule has 1 N–H and O–H groups in total. The maximum atomic E-state index is 10.3. The molecule has 0 fully saturated rings. The van der Waals surface area contributed by atoms with Crippen molar-refractivity contribution in [3.63, 3.8) is 0 Å². The van der Waals surface area contributed by atoms with Gasteiger partial charge in [-0.1, -0.05) is 17.7 Å². The van der Waals surface area contributed by atoms with E-state index in [-0.39, 0.29) is 6.04 Å². The minimum Gasteiger partial charge on any atom is -0.493 e. The number of carbonyl (C=O) groups is 1. The summed E-state index contributed by atoms with van der Waals surface area (Å²) in [6, 6.07) is 3.68. The van der Waals surface area contributed by atoms with E-state index in [1.54, 1.807) is 20.3 Å². The Morgan fingerprint density at radius 2 is 2.12 bits per heavy atom. The largest absolute Gasteiger partial charge is 0.493 e. The highest BCUT2D eigenvalue weighted by Crippen LogP contribution is 2.37. The summed E-state index contributed by atoms with van der Waals surface area (Å²) in [5, 5.41) is 3.20. The predicted octanol–water partition coefficient (Wildman–Crippen LogP) is 2.03. The summed E-state index contributed by atoms with van der Waals surface area (Å²) < 4.78 is 10.3. The van der Waals surface area contributed by atoms with Crippen molar-refractivity contribution in [2.24, 2.45) is 0 Å². The van der Waals surface area contributed by atoms with Crippen LogP contribution in [0, 0.1) is 0 Å². The molecule has 1 amide bonds. The highest BCUT2D eigenvalue weighted by molar-refractivity contribution is 6.33. The lowest BCUT2D eigenvalue weighted by molar-refractivity contribution is -0.110. The molecule has 0 saturated heterocycles. The van der Waals surface area contributed by atoms with Crippen LogP contribution in [0.2, 0.25) is 5.02 Å². The molecule has 0 aliphatic carbocycles. The number of rotatable bonds is 6. The van der Waals surface area contributed by atoms with Crippen molar-refractivity contribution in [1.29, 1.82) is 0 Å². The summed E-state index contributed by atoms with van der Waals surface area (Å²) in [6.07, 6.45) is 1.32. The summed E-state index contributed by atoms with van der Waals surface area (Å²) >= 11 is 6.22. The Bertz CT molecular complexity index is 396. The molecule has 4 nitrogen and oxygen atoms in total. The van der Waals surface area contributed by atoms with Crippen molar-refractivity contribution < 1.29 is 14.3 Å². The highest BCUT2D eigenvalue weighted by Gasteiger charge is 2.14. The van der Waals surface area contributed by atoms with Crippen LogP contribution < -0.4 is 14.8 Å². The van der Waals surface area contributed by atoms with Gasteiger partial charge in [-0.05, 0) is 25.0 Å². The number of benzene rings is 1. The molecule has 5 heteroatoms. The van der Waals surface area contributed by atoms with Gasteiger partial charge in [-0.2, -0.15) is 0 Å². The van der Waals surface area contributed by atoms with Crippen LogP contribution in [0.5, 0.6) is 11.5 Å². The monoisotopic (exact) mass is 257 g/mol. The van der Waals surface area contributed by atoms with Crippen LogP contribution in [0.15, 0.2) is 12.1 Å². The lowest BCUT2D eigenvalue weighted by Gasteiger charge is -2.15. The fourth-order valence-corrected chi connectivity index (χ4v) is 1.90. The van der Waals surface area contributed by atoms with Gasteiger partial charge in [0.25, 0.3) is 0 Å². The van der Waals surface area contributed by atoms with Gasteiger partial charge in [0.2, 0.25) is 6.41 Å². The first-order valence-electron chi connectivity index (χ1n) is 5.23. The van der Waals surface area contributed by atoms with Gasteiger partial charge < -0.3 is 14.8 Å². The van der Waals surface area contributed by atoms with Gasteiger partial charge in [0.1, 0.15) is 0 Å². The maximum Gasteiger partial charge on any atom is 0.207 e. The van der Waals surface area contributed by atoms with Crippen molar-refractivity contribution in [3.05, 3.63) is 22.7 Å². The Labute approximate surface area is 106 Å². The molecule has 0 aliphatic rings. The van der Waals surface area contributed by atoms with Crippen LogP contribution in [0.4, 0.5) is 0 Å². The molecule has 1 atom stereocenters. The zero-order chi connectivity index (χ0) is 12.8. The van der Waals surface area contributed by atoms with Gasteiger partial charge in [0, 0.05) is 6.04 Å². The van der Waals surface area contributed by atoms with Crippen LogP contribution in [0.1, 0.15) is 12.5 Å². The topological polar surface area (TPSA) is 47.6 Å². The summed E-state index contributed by atoms with van der Waals surface area (Å²) in [7, 11) is 3.10. The molecule has 0 unspecified atom stereocenters. The fourth-order valence-electron chi connectivity index (χ4n) is 1.59. The van der Waals surface area contributed by atoms with Gasteiger partial charge in [-0.3, -0.25) is 4.79 Å². The number of carbonyl (C=O) groups excluding carboxylic acids is 1. The molecule has 1 aromatic rings. The summed E-state index contributed by atoms with van der Waals surface area (Å²) in [5.41, 5.74) is 0.908. The molecule has 0 spiro atoms. The molecule has 0 saturated carbocycles. The first-order chi connectivity index (χ1) is 8.13. The van der Waals surface area contributed by atoms with E-state index in [0.717, 1.165) is 5.56 Å². The Morgan fingerprint density at radius 3 is 2.65 bits per heavy atom. The van der Waals surface area contributed by atoms with Crippen LogP contribution in [0.3, 0.4) is 0 Å². The minimum atomic E-state index is 0.0168. The number of hydrogen-bond acceptors (Lipinski definition) is 3. The molecule has 1 rings (SSSR count). The van der Waals surface area contributed by atoms with Crippen molar-refractivity contribution in [1.82, 2.24) is 5.32 Å². The molecular weight excluding hydrogens is 242 g/mol. The highest BCUT2D eigenvalue weighted by atomic mass is 35.5. The van der Waals surface area contributed by atoms with E-state index in [0.29, 0.717) is 29.4 Å². The average Bonchev–Trinajstić information content (AvgIpc) is 2.31. The zero-order valence-corrected chi connectivity index (χ0v) is 10.9. The molecule has 0 heterocycles. The molecule has 94 valence electrons. The second-order valence-corrected chi connectivity index (χ2v) is 4.04. The average molecular weight is 258 g/mol. The van der Waals surface area contributed by atoms with E-state index < -0.39 is 0 Å². The number of methoxy groups -OCH3 is 2. The molecule has 0 aliphatic heterocycles. The summed E-state index contributed by atoms with van der Waals surface area (Å²) in [5.74, 6) is 1.11. The van der Waals surface area contributed by atoms with Gasteiger partial charge in [-0.25, -0.2) is 0 Å². The van der Waals surface area contributed by atoms with Crippen molar-refractivity contribution >= 4 is 18.0 Å². The van der Waals surface area contributed by atoms with Gasteiger partial charge in [0.15, 0.2) is 11.5 Å². The number of ether oxygens (including phenoxy) is 2. The normalized spacial score (nSPS) is 11.8. The second kappa shape index (κ2) is 6.35. The van der Waals surface area contributed by atoms with Crippen molar-refractivity contribution in [3.8, 4) is 11.5 Å². The Hall–Kier alpha value is -1.42. The minimum absolute atomic E-state index is 0.0168. The molecule has 0 aromatic heterocycles. The van der Waals surface area contributed by atoms with Gasteiger partial charge in [-0.15, -0.1) is 0 Å². The number of amides is 1. The van der Waals surface area contributed by atoms with E-state index in [9.17, 15) is 4.79 Å². The molecular formula is C12H16ClNO3. The fraction of sp³-hybridized carbons (Fsp3) is 0.417. The first-order valence-corrected chi connectivity index (χ1v) is 5.60. The third-order valence-corrected chi connectivity index (χ3v) is 2.86. The quantitative estimate of drug-likeness (QED) is 0.794. The van der Waals surface area contributed by atoms with Crippen molar-refractivity contribution in [2.45, 2.75) is 19.4 Å². The first kappa shape index (κ1) is 13.6. The predicted molar refractivity (Wildman–Crippen MR) is 66.9 cm³/mol. The third kappa shape index (κ3) is 3.27. The molecule has 17 heavy (non-hydrogen) atoms. The van der Waals surface area contributed by atoms with Crippen LogP contribution >= 0.6 is 11.6 Å². The van der Waals surface area contributed by atoms with E-state index in [1.807, 2.05) is 13.0 Å². The standard InChI is InChI=1S/C12H16ClNO3/c1-8(14-7-15)6-9-4-5-10(16-2)12(17-3)11(9)13/h4-5,7-8H,6H2,1-3H3,(H,14,15)/t8-/m1/s1. The van der Waals surface area contributed by atoms with E-state index in [2.05, 4.69) is 5.32 Å². The van der Waals surface area contributed by atoms with Crippen LogP contribution in [-0.4, -0.2) is 26.7 Å². The Morgan fingerprint density at radius 1 is 1.41 bits per heavy atom. The lowest BCUT2D eigenvalue weighted by atomic mass is 10.1. The molecule has 0 radical (unpaired) electrons. The number of hydrogen-bond donors (Lipinski definition) is 1. The Balaban J connectivity index is 2.98. The SMILES string of the molecule is COc1ccc(C[C@@H](C)NC=O)c(Cl)c1OC. The Kier molecular flexibility index (Phi) is 5.10. The van der Waals surface area contributed by atoms with Gasteiger partial charge >= 0.3 is 0 Å². The lowest BCUT2D eigenvalue weighted by Crippen LogP contribution is -2.26. The second-order valence-electron chi connectivity index (χ2n) is 3.66. The van der Waals surface area contributed by atoms with E-state index >= 15 is 0 Å². The third-order valence-electron chi connectivity index (χ3n) is 2.44. The zero-order valence-electron chi connectivity index (χ0n) is 10.1. The molecule has 0 bridgehead atoms. The maximum absolute atomic E-state index is 10.3. The van der Waals surface area contributed by atoms with E-state index in [4.69, 9.17) is 21.1 Å². The summed E-state index contributed by atoms with van der Waals surface area (Å²) in [6.45, 7) is 1.90. The number of nitrogens with one attached hydrogen (secondary N) is 1. The van der Waals surface area contributed by atoms with Crippen LogP contribution in [0.25, 0.3) is 0 Å². The summed E-state index contributed by atoms with van der Waals surface area (Å²) in [4.78, 5) is 10.3. The van der Waals surface area contributed by atoms with Crippen molar-refractivity contribution in [2.75, 3.05) is 14.2 Å².